The maximum absolute atomic E-state index is 11.7. The van der Waals surface area contributed by atoms with Gasteiger partial charge in [-0.15, -0.1) is 0 Å². The third-order valence-corrected chi connectivity index (χ3v) is 2.77. The molecule has 0 spiro atoms. The van der Waals surface area contributed by atoms with Crippen LogP contribution in [0, 0.1) is 5.92 Å². The molecule has 1 unspecified atom stereocenters. The first kappa shape index (κ1) is 9.26. The molecular formula is C7H13F2NS. The van der Waals surface area contributed by atoms with Gasteiger partial charge in [0.2, 0.25) is 0 Å². The van der Waals surface area contributed by atoms with E-state index in [1.165, 1.54) is 0 Å². The van der Waals surface area contributed by atoms with Crippen LogP contribution in [0.15, 0.2) is 0 Å². The summed E-state index contributed by atoms with van der Waals surface area (Å²) >= 11 is 0.764. The number of hydrogen-bond donors (Lipinski definition) is 1. The first-order valence-corrected chi connectivity index (χ1v) is 4.94. The van der Waals surface area contributed by atoms with Gasteiger partial charge in [0, 0.05) is 5.75 Å². The highest BCUT2D eigenvalue weighted by atomic mass is 32.2. The Morgan fingerprint density at radius 3 is 2.91 bits per heavy atom. The zero-order valence-corrected chi connectivity index (χ0v) is 7.17. The van der Waals surface area contributed by atoms with Crippen molar-refractivity contribution in [1.29, 1.82) is 0 Å². The van der Waals surface area contributed by atoms with E-state index in [0.717, 1.165) is 37.7 Å². The quantitative estimate of drug-likeness (QED) is 0.714. The van der Waals surface area contributed by atoms with Crippen molar-refractivity contribution in [2.24, 2.45) is 5.92 Å². The molecule has 11 heavy (non-hydrogen) atoms. The highest BCUT2D eigenvalue weighted by Crippen LogP contribution is 2.21. The molecule has 1 nitrogen and oxygen atoms in total. The zero-order valence-electron chi connectivity index (χ0n) is 6.35. The van der Waals surface area contributed by atoms with E-state index >= 15 is 0 Å². The van der Waals surface area contributed by atoms with E-state index in [-0.39, 0.29) is 0 Å². The van der Waals surface area contributed by atoms with Gasteiger partial charge >= 0.3 is 0 Å². The van der Waals surface area contributed by atoms with Gasteiger partial charge in [0.15, 0.2) is 0 Å². The summed E-state index contributed by atoms with van der Waals surface area (Å²) in [6.07, 6.45) is 2.24. The van der Waals surface area contributed by atoms with Crippen LogP contribution < -0.4 is 5.32 Å². The van der Waals surface area contributed by atoms with Crippen LogP contribution in [0.1, 0.15) is 12.8 Å². The summed E-state index contributed by atoms with van der Waals surface area (Å²) in [5.74, 6) is -1.13. The fraction of sp³-hybridized carbons (Fsp3) is 1.00. The lowest BCUT2D eigenvalue weighted by atomic mass is 10.0. The topological polar surface area (TPSA) is 12.0 Å². The molecule has 0 bridgehead atoms. The first-order chi connectivity index (χ1) is 5.29. The molecule has 1 aliphatic heterocycles. The Bertz CT molecular complexity index is 105. The van der Waals surface area contributed by atoms with Crippen molar-refractivity contribution >= 4 is 11.8 Å². The largest absolute Gasteiger partial charge is 0.316 e. The van der Waals surface area contributed by atoms with Crippen LogP contribution in [0.3, 0.4) is 0 Å². The number of thioether (sulfide) groups is 1. The van der Waals surface area contributed by atoms with Crippen LogP contribution in [-0.2, 0) is 0 Å². The Morgan fingerprint density at radius 2 is 2.36 bits per heavy atom. The van der Waals surface area contributed by atoms with E-state index in [2.05, 4.69) is 5.32 Å². The Labute approximate surface area is 69.9 Å². The van der Waals surface area contributed by atoms with E-state index < -0.39 is 5.76 Å². The summed E-state index contributed by atoms with van der Waals surface area (Å²) in [6.45, 7) is 1.97. The summed E-state index contributed by atoms with van der Waals surface area (Å²) < 4.78 is 23.5. The van der Waals surface area contributed by atoms with Gasteiger partial charge in [0.1, 0.15) is 0 Å². The Kier molecular flexibility index (Phi) is 4.15. The van der Waals surface area contributed by atoms with Crippen LogP contribution in [0.2, 0.25) is 0 Å². The van der Waals surface area contributed by atoms with Gasteiger partial charge in [-0.2, -0.15) is 8.78 Å². The molecule has 66 valence electrons. The second-order valence-corrected chi connectivity index (χ2v) is 3.83. The van der Waals surface area contributed by atoms with Crippen LogP contribution in [0.5, 0.6) is 0 Å². The summed E-state index contributed by atoms with van der Waals surface area (Å²) in [5, 5.41) is 3.20. The number of halogens is 2. The van der Waals surface area contributed by atoms with Crippen molar-refractivity contribution in [2.45, 2.75) is 18.6 Å². The minimum atomic E-state index is -2.20. The van der Waals surface area contributed by atoms with Gasteiger partial charge in [-0.25, -0.2) is 0 Å². The highest BCUT2D eigenvalue weighted by molar-refractivity contribution is 7.99. The molecule has 1 aliphatic rings. The Morgan fingerprint density at radius 1 is 1.55 bits per heavy atom. The lowest BCUT2D eigenvalue weighted by molar-refractivity contribution is 0.251. The standard InChI is InChI=1S/C7H13F2NS/c8-7(9)11-5-6-2-1-3-10-4-6/h6-7,10H,1-5H2. The number of nitrogens with one attached hydrogen (secondary N) is 1. The van der Waals surface area contributed by atoms with Gasteiger partial charge < -0.3 is 5.32 Å². The molecule has 4 heteroatoms. The lowest BCUT2D eigenvalue weighted by Crippen LogP contribution is -2.31. The van der Waals surface area contributed by atoms with Gasteiger partial charge in [0.25, 0.3) is 5.76 Å². The average Bonchev–Trinajstić information content (AvgIpc) is 2.03. The Hall–Kier alpha value is 0.170. The number of hydrogen-bond acceptors (Lipinski definition) is 2. The summed E-state index contributed by atoms with van der Waals surface area (Å²) in [6, 6.07) is 0. The highest BCUT2D eigenvalue weighted by Gasteiger charge is 2.14. The molecule has 0 saturated carbocycles. The predicted molar refractivity (Wildman–Crippen MR) is 44.1 cm³/mol. The van der Waals surface area contributed by atoms with Crippen LogP contribution in [0.25, 0.3) is 0 Å². The number of rotatable bonds is 3. The van der Waals surface area contributed by atoms with Crippen molar-refractivity contribution in [2.75, 3.05) is 18.8 Å². The normalized spacial score (nSPS) is 25.9. The van der Waals surface area contributed by atoms with Crippen molar-refractivity contribution in [1.82, 2.24) is 5.32 Å². The SMILES string of the molecule is FC(F)SCC1CCCNC1. The molecule has 0 aromatic carbocycles. The molecule has 1 rings (SSSR count). The molecule has 1 fully saturated rings. The molecule has 1 atom stereocenters. The van der Waals surface area contributed by atoms with E-state index in [4.69, 9.17) is 0 Å². The summed E-state index contributed by atoms with van der Waals surface area (Å²) in [4.78, 5) is 0. The van der Waals surface area contributed by atoms with Gasteiger partial charge in [-0.1, -0.05) is 11.8 Å². The van der Waals surface area contributed by atoms with E-state index in [1.54, 1.807) is 0 Å². The molecule has 0 aliphatic carbocycles. The third kappa shape index (κ3) is 3.91. The van der Waals surface area contributed by atoms with E-state index in [9.17, 15) is 8.78 Å². The summed E-state index contributed by atoms with van der Waals surface area (Å²) in [7, 11) is 0. The molecule has 1 saturated heterocycles. The second kappa shape index (κ2) is 4.93. The van der Waals surface area contributed by atoms with Gasteiger partial charge in [0.05, 0.1) is 0 Å². The molecule has 0 aromatic heterocycles. The van der Waals surface area contributed by atoms with E-state index in [0.29, 0.717) is 11.7 Å². The fourth-order valence-electron chi connectivity index (χ4n) is 1.28. The maximum atomic E-state index is 11.7. The average molecular weight is 181 g/mol. The minimum Gasteiger partial charge on any atom is -0.316 e. The third-order valence-electron chi connectivity index (χ3n) is 1.86. The van der Waals surface area contributed by atoms with Crippen molar-refractivity contribution < 1.29 is 8.78 Å². The predicted octanol–water partition coefficient (Wildman–Crippen LogP) is 1.94. The monoisotopic (exact) mass is 181 g/mol. The van der Waals surface area contributed by atoms with Crippen LogP contribution in [0.4, 0.5) is 8.78 Å². The smallest absolute Gasteiger partial charge is 0.284 e. The lowest BCUT2D eigenvalue weighted by Gasteiger charge is -2.21. The van der Waals surface area contributed by atoms with Crippen LogP contribution >= 0.6 is 11.8 Å². The Balaban J connectivity index is 2.05. The van der Waals surface area contributed by atoms with Crippen LogP contribution in [-0.4, -0.2) is 24.6 Å². The van der Waals surface area contributed by atoms with Crippen molar-refractivity contribution in [3.8, 4) is 0 Å². The molecular weight excluding hydrogens is 168 g/mol. The zero-order chi connectivity index (χ0) is 8.10. The first-order valence-electron chi connectivity index (χ1n) is 3.89. The van der Waals surface area contributed by atoms with E-state index in [1.807, 2.05) is 0 Å². The van der Waals surface area contributed by atoms with Crippen molar-refractivity contribution in [3.05, 3.63) is 0 Å². The van der Waals surface area contributed by atoms with Crippen molar-refractivity contribution in [3.63, 3.8) is 0 Å². The fourth-order valence-corrected chi connectivity index (χ4v) is 1.98. The molecule has 1 heterocycles. The van der Waals surface area contributed by atoms with Gasteiger partial charge in [-0.05, 0) is 31.8 Å². The molecule has 0 aromatic rings. The minimum absolute atomic E-state index is 0.461. The molecule has 0 amide bonds. The number of alkyl halides is 2. The maximum Gasteiger partial charge on any atom is 0.284 e. The molecule has 0 radical (unpaired) electrons. The number of piperidine rings is 1. The second-order valence-electron chi connectivity index (χ2n) is 2.81. The summed E-state index contributed by atoms with van der Waals surface area (Å²) in [5.41, 5.74) is 0. The molecule has 1 N–H and O–H groups in total. The van der Waals surface area contributed by atoms with Gasteiger partial charge in [-0.3, -0.25) is 0 Å².